The molecule has 1 saturated heterocycles. The molecule has 0 radical (unpaired) electrons. The molecule has 2 heterocycles. The van der Waals surface area contributed by atoms with E-state index in [2.05, 4.69) is 10.3 Å². The van der Waals surface area contributed by atoms with Crippen molar-refractivity contribution in [1.82, 2.24) is 14.9 Å². The Morgan fingerprint density at radius 3 is 2.96 bits per heavy atom. The standard InChI is InChI=1S/C17H27N3O3/c1-3-23-15-10-14(17(15)6-8-22-9-7-17)19-16(21)5-4-13-11-18-12-20(13)2/h11-12,14-15H,3-10H2,1-2H3,(H,19,21). The van der Waals surface area contributed by atoms with Crippen LogP contribution in [0.25, 0.3) is 0 Å². The Kier molecular flexibility index (Phi) is 5.02. The van der Waals surface area contributed by atoms with E-state index in [0.717, 1.165) is 51.2 Å². The molecule has 128 valence electrons. The number of aromatic nitrogens is 2. The van der Waals surface area contributed by atoms with Crippen LogP contribution in [0.4, 0.5) is 0 Å². The fourth-order valence-corrected chi connectivity index (χ4v) is 3.94. The Hall–Kier alpha value is -1.40. The molecule has 3 rings (SSSR count). The fourth-order valence-electron chi connectivity index (χ4n) is 3.94. The number of carbonyl (C=O) groups is 1. The summed E-state index contributed by atoms with van der Waals surface area (Å²) in [6, 6.07) is 0.224. The minimum absolute atomic E-state index is 0.0798. The molecular weight excluding hydrogens is 294 g/mol. The zero-order valence-electron chi connectivity index (χ0n) is 14.1. The van der Waals surface area contributed by atoms with E-state index in [4.69, 9.17) is 9.47 Å². The lowest BCUT2D eigenvalue weighted by atomic mass is 9.57. The van der Waals surface area contributed by atoms with E-state index < -0.39 is 0 Å². The van der Waals surface area contributed by atoms with E-state index in [1.165, 1.54) is 0 Å². The number of hydrogen-bond donors (Lipinski definition) is 1. The van der Waals surface area contributed by atoms with Gasteiger partial charge in [-0.25, -0.2) is 4.98 Å². The molecule has 6 heteroatoms. The van der Waals surface area contributed by atoms with E-state index in [1.807, 2.05) is 24.7 Å². The average molecular weight is 321 g/mol. The first-order valence-electron chi connectivity index (χ1n) is 8.59. The van der Waals surface area contributed by atoms with Gasteiger partial charge in [-0.3, -0.25) is 4.79 Å². The summed E-state index contributed by atoms with van der Waals surface area (Å²) in [5, 5.41) is 3.24. The third kappa shape index (κ3) is 3.28. The third-order valence-corrected chi connectivity index (χ3v) is 5.44. The number of carbonyl (C=O) groups excluding carboxylic acids is 1. The van der Waals surface area contributed by atoms with Crippen LogP contribution in [-0.2, 0) is 27.7 Å². The average Bonchev–Trinajstić information content (AvgIpc) is 2.98. The second-order valence-corrected chi connectivity index (χ2v) is 6.64. The lowest BCUT2D eigenvalue weighted by Gasteiger charge is -2.57. The molecule has 1 spiro atoms. The highest BCUT2D eigenvalue weighted by molar-refractivity contribution is 5.76. The van der Waals surface area contributed by atoms with Gasteiger partial charge in [-0.05, 0) is 32.6 Å². The number of rotatable bonds is 6. The molecule has 1 amide bonds. The Balaban J connectivity index is 1.54. The monoisotopic (exact) mass is 321 g/mol. The van der Waals surface area contributed by atoms with Crippen molar-refractivity contribution < 1.29 is 14.3 Å². The molecule has 2 aliphatic rings. The van der Waals surface area contributed by atoms with Gasteiger partial charge >= 0.3 is 0 Å². The Morgan fingerprint density at radius 1 is 1.52 bits per heavy atom. The minimum Gasteiger partial charge on any atom is -0.381 e. The van der Waals surface area contributed by atoms with Crippen LogP contribution in [0.3, 0.4) is 0 Å². The van der Waals surface area contributed by atoms with Crippen molar-refractivity contribution in [3.8, 4) is 0 Å². The minimum atomic E-state index is 0.0798. The Morgan fingerprint density at radius 2 is 2.30 bits per heavy atom. The molecule has 1 N–H and O–H groups in total. The molecule has 1 aromatic heterocycles. The van der Waals surface area contributed by atoms with Gasteiger partial charge in [0.05, 0.1) is 12.4 Å². The van der Waals surface area contributed by atoms with Crippen LogP contribution in [0.2, 0.25) is 0 Å². The van der Waals surface area contributed by atoms with Crippen molar-refractivity contribution >= 4 is 5.91 Å². The maximum absolute atomic E-state index is 12.3. The summed E-state index contributed by atoms with van der Waals surface area (Å²) in [4.78, 5) is 16.4. The predicted octanol–water partition coefficient (Wildman–Crippen LogP) is 1.44. The van der Waals surface area contributed by atoms with Gasteiger partial charge in [-0.1, -0.05) is 0 Å². The summed E-state index contributed by atoms with van der Waals surface area (Å²) in [7, 11) is 1.95. The van der Waals surface area contributed by atoms with Gasteiger partial charge in [-0.2, -0.15) is 0 Å². The van der Waals surface area contributed by atoms with Crippen LogP contribution in [0, 0.1) is 5.41 Å². The first kappa shape index (κ1) is 16.5. The summed E-state index contributed by atoms with van der Waals surface area (Å²) in [6.45, 7) is 4.30. The summed E-state index contributed by atoms with van der Waals surface area (Å²) < 4.78 is 13.4. The lowest BCUT2D eigenvalue weighted by Crippen LogP contribution is -2.66. The molecule has 2 unspecified atom stereocenters. The maximum atomic E-state index is 12.3. The van der Waals surface area contributed by atoms with Gasteiger partial charge in [0.1, 0.15) is 0 Å². The van der Waals surface area contributed by atoms with E-state index in [-0.39, 0.29) is 23.5 Å². The summed E-state index contributed by atoms with van der Waals surface area (Å²) in [5.41, 5.74) is 1.16. The highest BCUT2D eigenvalue weighted by atomic mass is 16.5. The van der Waals surface area contributed by atoms with E-state index in [1.54, 1.807) is 6.33 Å². The smallest absolute Gasteiger partial charge is 0.220 e. The number of nitrogens with zero attached hydrogens (tertiary/aromatic N) is 2. The molecule has 0 bridgehead atoms. The zero-order valence-corrected chi connectivity index (χ0v) is 14.1. The molecule has 2 atom stereocenters. The fraction of sp³-hybridized carbons (Fsp3) is 0.765. The molecule has 6 nitrogen and oxygen atoms in total. The Labute approximate surface area is 137 Å². The van der Waals surface area contributed by atoms with E-state index in [0.29, 0.717) is 6.42 Å². The number of aryl methyl sites for hydroxylation is 2. The molecular formula is C17H27N3O3. The lowest BCUT2D eigenvalue weighted by molar-refractivity contribution is -0.175. The molecule has 0 aromatic carbocycles. The molecule has 2 fully saturated rings. The van der Waals surface area contributed by atoms with Crippen molar-refractivity contribution in [2.75, 3.05) is 19.8 Å². The largest absolute Gasteiger partial charge is 0.381 e. The van der Waals surface area contributed by atoms with Gasteiger partial charge in [0.2, 0.25) is 5.91 Å². The molecule has 23 heavy (non-hydrogen) atoms. The number of hydrogen-bond acceptors (Lipinski definition) is 4. The number of nitrogens with one attached hydrogen (secondary N) is 1. The number of amides is 1. The van der Waals surface area contributed by atoms with Crippen molar-refractivity contribution in [1.29, 1.82) is 0 Å². The number of ether oxygens (including phenoxy) is 2. The van der Waals surface area contributed by atoms with Crippen molar-refractivity contribution in [2.45, 2.75) is 51.2 Å². The molecule has 1 aromatic rings. The van der Waals surface area contributed by atoms with Crippen LogP contribution in [0.5, 0.6) is 0 Å². The quantitative estimate of drug-likeness (QED) is 0.861. The van der Waals surface area contributed by atoms with Crippen molar-refractivity contribution in [3.05, 3.63) is 18.2 Å². The van der Waals surface area contributed by atoms with Crippen LogP contribution >= 0.6 is 0 Å². The number of imidazole rings is 1. The maximum Gasteiger partial charge on any atom is 0.220 e. The van der Waals surface area contributed by atoms with E-state index >= 15 is 0 Å². The predicted molar refractivity (Wildman–Crippen MR) is 86.0 cm³/mol. The second-order valence-electron chi connectivity index (χ2n) is 6.64. The molecule has 1 aliphatic carbocycles. The Bertz CT molecular complexity index is 537. The third-order valence-electron chi connectivity index (χ3n) is 5.44. The van der Waals surface area contributed by atoms with Gasteiger partial charge in [0.15, 0.2) is 0 Å². The topological polar surface area (TPSA) is 65.4 Å². The van der Waals surface area contributed by atoms with Gasteiger partial charge in [0, 0.05) is 56.6 Å². The van der Waals surface area contributed by atoms with Crippen molar-refractivity contribution in [3.63, 3.8) is 0 Å². The summed E-state index contributed by atoms with van der Waals surface area (Å²) in [5.74, 6) is 0.122. The van der Waals surface area contributed by atoms with Gasteiger partial charge in [-0.15, -0.1) is 0 Å². The molecule has 1 aliphatic heterocycles. The van der Waals surface area contributed by atoms with Gasteiger partial charge < -0.3 is 19.4 Å². The first-order valence-corrected chi connectivity index (χ1v) is 8.59. The van der Waals surface area contributed by atoms with Crippen molar-refractivity contribution in [2.24, 2.45) is 12.5 Å². The van der Waals surface area contributed by atoms with E-state index in [9.17, 15) is 4.79 Å². The van der Waals surface area contributed by atoms with Gasteiger partial charge in [0.25, 0.3) is 0 Å². The van der Waals surface area contributed by atoms with Crippen LogP contribution < -0.4 is 5.32 Å². The highest BCUT2D eigenvalue weighted by Gasteiger charge is 2.56. The normalized spacial score (nSPS) is 26.0. The van der Waals surface area contributed by atoms with Crippen LogP contribution in [0.1, 0.15) is 38.3 Å². The van der Waals surface area contributed by atoms with Crippen LogP contribution in [-0.4, -0.2) is 47.4 Å². The second kappa shape index (κ2) is 7.01. The summed E-state index contributed by atoms with van der Waals surface area (Å²) >= 11 is 0. The summed E-state index contributed by atoms with van der Waals surface area (Å²) in [6.07, 6.45) is 7.95. The van der Waals surface area contributed by atoms with Crippen LogP contribution in [0.15, 0.2) is 12.5 Å². The zero-order chi connectivity index (χ0) is 16.3. The first-order chi connectivity index (χ1) is 11.2. The SMILES string of the molecule is CCOC1CC(NC(=O)CCc2cncn2C)C12CCOCC2. The molecule has 1 saturated carbocycles. The highest BCUT2D eigenvalue weighted by Crippen LogP contribution is 2.50.